The van der Waals surface area contributed by atoms with Crippen LogP contribution in [0.5, 0.6) is 0 Å². The summed E-state index contributed by atoms with van der Waals surface area (Å²) in [5.41, 5.74) is 12.9. The van der Waals surface area contributed by atoms with Gasteiger partial charge in [-0.2, -0.15) is 10.5 Å². The van der Waals surface area contributed by atoms with Gasteiger partial charge in [0.15, 0.2) is 28.8 Å². The summed E-state index contributed by atoms with van der Waals surface area (Å²) in [6, 6.07) is 67.5. The smallest absolute Gasteiger partial charge is 0.196 e. The number of fused-ring (bicyclic) bond motifs is 6. The molecule has 3 aromatic heterocycles. The van der Waals surface area contributed by atoms with Gasteiger partial charge >= 0.3 is 0 Å². The maximum atomic E-state index is 10.3. The molecule has 9 heteroatoms. The van der Waals surface area contributed by atoms with Gasteiger partial charge in [-0.3, -0.25) is 0 Å². The first-order chi connectivity index (χ1) is 34.5. The van der Waals surface area contributed by atoms with E-state index in [4.69, 9.17) is 32.5 Å². The number of furan rings is 1. The van der Waals surface area contributed by atoms with Crippen LogP contribution >= 0.6 is 0 Å². The molecule has 12 aromatic rings. The van der Waals surface area contributed by atoms with Crippen LogP contribution in [0, 0.1) is 35.8 Å². The van der Waals surface area contributed by atoms with Gasteiger partial charge in [0.2, 0.25) is 0 Å². The van der Waals surface area contributed by atoms with E-state index in [1.807, 2.05) is 103 Å². The zero-order valence-electron chi connectivity index (χ0n) is 37.0. The fourth-order valence-corrected chi connectivity index (χ4v) is 9.48. The Labute approximate surface area is 401 Å². The number of hydrogen-bond acceptors (Lipinski definition) is 6. The standard InChI is InChI=1S/C61H32N8O/c1-64-44-24-26-45(43(31-44)36-63)40-21-27-54-50(32-40)51-33-41(46-25-20-37(35-62)30-53(46)65-2)22-28-55(51)69(54)56-29-23-42(47-17-11-18-49-48-16-9-10-19-57(48)70-58(47)49)34-52(56)61-67-59(38-12-5-3-6-13-38)66-60(68-61)39-14-7-4-8-15-39/h3-34H. The van der Waals surface area contributed by atoms with Crippen LogP contribution in [0.25, 0.3) is 127 Å². The Morgan fingerprint density at radius 3 is 1.73 bits per heavy atom. The highest BCUT2D eigenvalue weighted by molar-refractivity contribution is 6.13. The van der Waals surface area contributed by atoms with Gasteiger partial charge in [-0.25, -0.2) is 24.6 Å². The Morgan fingerprint density at radius 1 is 0.443 bits per heavy atom. The zero-order chi connectivity index (χ0) is 47.3. The maximum Gasteiger partial charge on any atom is 0.196 e. The van der Waals surface area contributed by atoms with E-state index in [9.17, 15) is 10.5 Å². The maximum absolute atomic E-state index is 10.3. The van der Waals surface area contributed by atoms with Gasteiger partial charge in [-0.05, 0) is 88.5 Å². The van der Waals surface area contributed by atoms with Crippen molar-refractivity contribution >= 4 is 55.1 Å². The highest BCUT2D eigenvalue weighted by atomic mass is 16.3. The summed E-state index contributed by atoms with van der Waals surface area (Å²) in [4.78, 5) is 23.0. The summed E-state index contributed by atoms with van der Waals surface area (Å²) in [7, 11) is 0. The molecule has 0 amide bonds. The lowest BCUT2D eigenvalue weighted by atomic mass is 9.97. The molecule has 0 N–H and O–H groups in total. The molecular formula is C61H32N8O. The topological polar surface area (TPSA) is 113 Å². The van der Waals surface area contributed by atoms with Gasteiger partial charge < -0.3 is 8.98 Å². The number of benzene rings is 9. The number of aromatic nitrogens is 4. The average molecular weight is 893 g/mol. The van der Waals surface area contributed by atoms with Gasteiger partial charge in [-0.1, -0.05) is 133 Å². The molecule has 0 aliphatic heterocycles. The molecule has 0 unspecified atom stereocenters. The molecule has 0 aliphatic rings. The number of rotatable bonds is 7. The van der Waals surface area contributed by atoms with Crippen molar-refractivity contribution in [1.29, 1.82) is 10.5 Å². The minimum atomic E-state index is 0.372. The van der Waals surface area contributed by atoms with E-state index in [2.05, 4.69) is 93.1 Å². The Kier molecular flexibility index (Phi) is 9.82. The van der Waals surface area contributed by atoms with E-state index in [0.717, 1.165) is 88.4 Å². The summed E-state index contributed by atoms with van der Waals surface area (Å²) < 4.78 is 8.81. The summed E-state index contributed by atoms with van der Waals surface area (Å²) >= 11 is 0. The molecule has 0 radical (unpaired) electrons. The average Bonchev–Trinajstić information content (AvgIpc) is 3.98. The molecule has 0 fully saturated rings. The van der Waals surface area contributed by atoms with E-state index >= 15 is 0 Å². The van der Waals surface area contributed by atoms with Crippen molar-refractivity contribution < 1.29 is 4.42 Å². The SMILES string of the molecule is [C-]#[N+]c1ccc(-c2ccc3c(c2)c2cc(-c4ccc(C#N)cc4[N+]#[C-])ccc2n3-c2ccc(-c3cccc4c3oc3ccccc34)cc2-c2nc(-c3ccccc3)nc(-c3ccccc3)n2)c(C#N)c1. The zero-order valence-corrected chi connectivity index (χ0v) is 37.0. The lowest BCUT2D eigenvalue weighted by Gasteiger charge is -2.17. The molecule has 322 valence electrons. The van der Waals surface area contributed by atoms with Crippen LogP contribution in [-0.2, 0) is 0 Å². The summed E-state index contributed by atoms with van der Waals surface area (Å²) in [6.45, 7) is 15.6. The van der Waals surface area contributed by atoms with Crippen molar-refractivity contribution in [3.05, 3.63) is 228 Å². The van der Waals surface area contributed by atoms with Crippen molar-refractivity contribution in [2.75, 3.05) is 0 Å². The van der Waals surface area contributed by atoms with Crippen molar-refractivity contribution in [1.82, 2.24) is 19.5 Å². The Morgan fingerprint density at radius 2 is 1.06 bits per heavy atom. The van der Waals surface area contributed by atoms with Crippen LogP contribution in [0.15, 0.2) is 199 Å². The normalized spacial score (nSPS) is 11.1. The predicted molar refractivity (Wildman–Crippen MR) is 276 cm³/mol. The first-order valence-electron chi connectivity index (χ1n) is 22.3. The second-order valence-electron chi connectivity index (χ2n) is 16.8. The van der Waals surface area contributed by atoms with Gasteiger partial charge in [0.05, 0.1) is 42.0 Å². The first kappa shape index (κ1) is 41.0. The minimum absolute atomic E-state index is 0.372. The fourth-order valence-electron chi connectivity index (χ4n) is 9.48. The Hall–Kier alpha value is -10.5. The van der Waals surface area contributed by atoms with Crippen molar-refractivity contribution in [2.45, 2.75) is 0 Å². The summed E-state index contributed by atoms with van der Waals surface area (Å²) in [5.74, 6) is 1.50. The van der Waals surface area contributed by atoms with Crippen LogP contribution < -0.4 is 0 Å². The molecule has 9 aromatic carbocycles. The first-order valence-corrected chi connectivity index (χ1v) is 22.3. The van der Waals surface area contributed by atoms with E-state index in [-0.39, 0.29) is 0 Å². The molecule has 0 spiro atoms. The lowest BCUT2D eigenvalue weighted by molar-refractivity contribution is 0.670. The Bertz CT molecular complexity index is 4100. The largest absolute Gasteiger partial charge is 0.455 e. The molecule has 0 saturated carbocycles. The molecule has 0 aliphatic carbocycles. The number of para-hydroxylation sites is 2. The second kappa shape index (κ2) is 16.8. The highest BCUT2D eigenvalue weighted by Crippen LogP contribution is 2.44. The quantitative estimate of drug-likeness (QED) is 0.147. The molecule has 0 atom stereocenters. The monoisotopic (exact) mass is 892 g/mol. The molecule has 3 heterocycles. The van der Waals surface area contributed by atoms with Crippen LogP contribution in [0.3, 0.4) is 0 Å². The van der Waals surface area contributed by atoms with Gasteiger partial charge in [0, 0.05) is 54.9 Å². The third kappa shape index (κ3) is 6.88. The summed E-state index contributed by atoms with van der Waals surface area (Å²) in [6.07, 6.45) is 0. The van der Waals surface area contributed by atoms with Gasteiger partial charge in [0.1, 0.15) is 11.2 Å². The van der Waals surface area contributed by atoms with E-state index in [1.165, 1.54) is 0 Å². The molecule has 9 nitrogen and oxygen atoms in total. The van der Waals surface area contributed by atoms with Gasteiger partial charge in [-0.15, -0.1) is 0 Å². The molecule has 0 saturated heterocycles. The van der Waals surface area contributed by atoms with Gasteiger partial charge in [0.25, 0.3) is 0 Å². The van der Waals surface area contributed by atoms with Crippen LogP contribution in [-0.4, -0.2) is 19.5 Å². The van der Waals surface area contributed by atoms with E-state index in [1.54, 1.807) is 24.3 Å². The van der Waals surface area contributed by atoms with Crippen LogP contribution in [0.1, 0.15) is 11.1 Å². The molecule has 70 heavy (non-hydrogen) atoms. The number of nitrogens with zero attached hydrogens (tertiary/aromatic N) is 8. The van der Waals surface area contributed by atoms with E-state index in [0.29, 0.717) is 51.1 Å². The van der Waals surface area contributed by atoms with Crippen LogP contribution in [0.2, 0.25) is 0 Å². The second-order valence-corrected chi connectivity index (χ2v) is 16.8. The third-order valence-corrected chi connectivity index (χ3v) is 12.8. The molecule has 12 rings (SSSR count). The number of nitriles is 2. The van der Waals surface area contributed by atoms with E-state index < -0.39 is 0 Å². The summed E-state index contributed by atoms with van der Waals surface area (Å²) in [5, 5.41) is 23.8. The fraction of sp³-hybridized carbons (Fsp3) is 0. The van der Waals surface area contributed by atoms with Crippen molar-refractivity contribution in [3.63, 3.8) is 0 Å². The van der Waals surface area contributed by atoms with Crippen molar-refractivity contribution in [3.8, 4) is 85.4 Å². The highest BCUT2D eigenvalue weighted by Gasteiger charge is 2.23. The molecular weight excluding hydrogens is 861 g/mol. The number of hydrogen-bond donors (Lipinski definition) is 0. The predicted octanol–water partition coefficient (Wildman–Crippen LogP) is 15.7. The minimum Gasteiger partial charge on any atom is -0.455 e. The van der Waals surface area contributed by atoms with Crippen LogP contribution in [0.4, 0.5) is 11.4 Å². The van der Waals surface area contributed by atoms with Crippen molar-refractivity contribution in [2.24, 2.45) is 0 Å². The third-order valence-electron chi connectivity index (χ3n) is 12.8. The lowest BCUT2D eigenvalue weighted by Crippen LogP contribution is -2.04. The molecule has 0 bridgehead atoms. The Balaban J connectivity index is 1.17.